The van der Waals surface area contributed by atoms with Gasteiger partial charge in [0.25, 0.3) is 0 Å². The summed E-state index contributed by atoms with van der Waals surface area (Å²) in [5.74, 6) is 0.309. The minimum atomic E-state index is -3.76. The second-order valence-corrected chi connectivity index (χ2v) is 7.95. The zero-order valence-corrected chi connectivity index (χ0v) is 15.9. The van der Waals surface area contributed by atoms with Gasteiger partial charge in [0.05, 0.1) is 4.90 Å². The molecule has 2 aromatic rings. The second kappa shape index (κ2) is 9.03. The van der Waals surface area contributed by atoms with Crippen molar-refractivity contribution >= 4 is 15.9 Å². The molecule has 1 aliphatic heterocycles. The average Bonchev–Trinajstić information content (AvgIpc) is 2.69. The van der Waals surface area contributed by atoms with Crippen LogP contribution in [0.4, 0.5) is 4.39 Å². The highest BCUT2D eigenvalue weighted by molar-refractivity contribution is 7.89. The highest BCUT2D eigenvalue weighted by Crippen LogP contribution is 2.32. The number of hydrogen-bond acceptors (Lipinski definition) is 5. The van der Waals surface area contributed by atoms with E-state index in [0.717, 1.165) is 5.56 Å². The molecule has 0 bridgehead atoms. The smallest absolute Gasteiger partial charge is 0.240 e. The zero-order chi connectivity index (χ0) is 20.0. The van der Waals surface area contributed by atoms with Crippen molar-refractivity contribution in [2.75, 3.05) is 26.3 Å². The fourth-order valence-corrected chi connectivity index (χ4v) is 3.71. The fraction of sp³-hybridized carbons (Fsp3) is 0.316. The van der Waals surface area contributed by atoms with Crippen molar-refractivity contribution < 1.29 is 27.1 Å². The summed E-state index contributed by atoms with van der Waals surface area (Å²) in [5, 5.41) is 2.71. The summed E-state index contributed by atoms with van der Waals surface area (Å²) in [5.41, 5.74) is 0.904. The molecule has 2 aromatic carbocycles. The van der Waals surface area contributed by atoms with E-state index >= 15 is 0 Å². The Labute approximate surface area is 162 Å². The number of fused-ring (bicyclic) bond motifs is 1. The summed E-state index contributed by atoms with van der Waals surface area (Å²) in [6, 6.07) is 10.4. The maximum atomic E-state index is 12.8. The van der Waals surface area contributed by atoms with E-state index in [1.54, 1.807) is 18.2 Å². The molecule has 0 aliphatic carbocycles. The van der Waals surface area contributed by atoms with E-state index in [0.29, 0.717) is 37.7 Å². The molecule has 0 radical (unpaired) electrons. The van der Waals surface area contributed by atoms with Crippen LogP contribution in [0.5, 0.6) is 11.5 Å². The molecule has 9 heteroatoms. The number of ether oxygens (including phenoxy) is 2. The van der Waals surface area contributed by atoms with Gasteiger partial charge in [0.15, 0.2) is 11.5 Å². The number of nitrogens with one attached hydrogen (secondary N) is 2. The normalized spacial score (nSPS) is 13.2. The van der Waals surface area contributed by atoms with Crippen LogP contribution < -0.4 is 19.5 Å². The Hall–Kier alpha value is -2.65. The van der Waals surface area contributed by atoms with Crippen molar-refractivity contribution in [2.45, 2.75) is 17.7 Å². The third-order valence-electron chi connectivity index (χ3n) is 4.12. The molecule has 2 N–H and O–H groups in total. The van der Waals surface area contributed by atoms with E-state index < -0.39 is 10.0 Å². The van der Waals surface area contributed by atoms with Crippen LogP contribution in [0, 0.1) is 5.82 Å². The van der Waals surface area contributed by atoms with Crippen LogP contribution in [0.15, 0.2) is 47.4 Å². The van der Waals surface area contributed by atoms with Crippen molar-refractivity contribution in [1.29, 1.82) is 0 Å². The summed E-state index contributed by atoms with van der Waals surface area (Å²) in [6.07, 6.45) is 0.572. The lowest BCUT2D eigenvalue weighted by molar-refractivity contribution is -0.120. The Morgan fingerprint density at radius 3 is 2.46 bits per heavy atom. The number of carbonyl (C=O) groups is 1. The Kier molecular flexibility index (Phi) is 6.48. The highest BCUT2D eigenvalue weighted by atomic mass is 32.2. The summed E-state index contributed by atoms with van der Waals surface area (Å²) < 4.78 is 50.7. The van der Waals surface area contributed by atoms with Crippen molar-refractivity contribution in [3.8, 4) is 11.5 Å². The number of hydrogen-bond donors (Lipinski definition) is 2. The topological polar surface area (TPSA) is 93.7 Å². The third-order valence-corrected chi connectivity index (χ3v) is 5.58. The van der Waals surface area contributed by atoms with Crippen LogP contribution in [0.1, 0.15) is 12.0 Å². The largest absolute Gasteiger partial charge is 0.486 e. The van der Waals surface area contributed by atoms with E-state index in [4.69, 9.17) is 9.47 Å². The monoisotopic (exact) mass is 408 g/mol. The van der Waals surface area contributed by atoms with Gasteiger partial charge in [0, 0.05) is 25.6 Å². The maximum absolute atomic E-state index is 12.8. The molecule has 0 saturated carbocycles. The molecular weight excluding hydrogens is 387 g/mol. The van der Waals surface area contributed by atoms with Crippen molar-refractivity contribution in [3.05, 3.63) is 53.8 Å². The second-order valence-electron chi connectivity index (χ2n) is 6.18. The first-order valence-electron chi connectivity index (χ1n) is 8.84. The van der Waals surface area contributed by atoms with Gasteiger partial charge in [-0.3, -0.25) is 4.79 Å². The third kappa shape index (κ3) is 5.43. The molecule has 0 atom stereocenters. The molecule has 28 heavy (non-hydrogen) atoms. The van der Waals surface area contributed by atoms with Crippen LogP contribution >= 0.6 is 0 Å². The van der Waals surface area contributed by atoms with Crippen LogP contribution in [-0.4, -0.2) is 40.6 Å². The summed E-state index contributed by atoms with van der Waals surface area (Å²) >= 11 is 0. The van der Waals surface area contributed by atoms with E-state index in [1.165, 1.54) is 24.3 Å². The van der Waals surface area contributed by atoms with Crippen molar-refractivity contribution in [1.82, 2.24) is 10.0 Å². The van der Waals surface area contributed by atoms with Gasteiger partial charge >= 0.3 is 0 Å². The predicted molar refractivity (Wildman–Crippen MR) is 100 cm³/mol. The first kappa shape index (κ1) is 20.1. The molecule has 0 unspecified atom stereocenters. The van der Waals surface area contributed by atoms with Crippen molar-refractivity contribution in [2.24, 2.45) is 0 Å². The quantitative estimate of drug-likeness (QED) is 0.692. The Morgan fingerprint density at radius 2 is 1.71 bits per heavy atom. The SMILES string of the molecule is O=C(CCNS(=O)(=O)c1ccc2c(c1)OCCO2)NCCc1ccc(F)cc1. The van der Waals surface area contributed by atoms with Gasteiger partial charge in [-0.1, -0.05) is 12.1 Å². The number of halogens is 1. The molecular formula is C19H21FN2O5S. The van der Waals surface area contributed by atoms with Gasteiger partial charge in [-0.15, -0.1) is 0 Å². The lowest BCUT2D eigenvalue weighted by atomic mass is 10.1. The predicted octanol–water partition coefficient (Wildman–Crippen LogP) is 1.62. The van der Waals surface area contributed by atoms with Gasteiger partial charge in [0.2, 0.25) is 15.9 Å². The average molecular weight is 408 g/mol. The number of amides is 1. The van der Waals surface area contributed by atoms with E-state index in [9.17, 15) is 17.6 Å². The summed E-state index contributed by atoms with van der Waals surface area (Å²) in [7, 11) is -3.76. The van der Waals surface area contributed by atoms with Gasteiger partial charge in [-0.25, -0.2) is 17.5 Å². The van der Waals surface area contributed by atoms with E-state index in [-0.39, 0.29) is 29.6 Å². The standard InChI is InChI=1S/C19H21FN2O5S/c20-15-3-1-14(2-4-15)7-9-21-19(23)8-10-22-28(24,25)16-5-6-17-18(13-16)27-12-11-26-17/h1-6,13,22H,7-12H2,(H,21,23). The Bertz CT molecular complexity index is 932. The van der Waals surface area contributed by atoms with E-state index in [2.05, 4.69) is 10.0 Å². The molecule has 0 spiro atoms. The molecule has 3 rings (SSSR count). The van der Waals surface area contributed by atoms with Crippen molar-refractivity contribution in [3.63, 3.8) is 0 Å². The minimum absolute atomic E-state index is 0.00714. The van der Waals surface area contributed by atoms with Crippen LogP contribution in [0.2, 0.25) is 0 Å². The lowest BCUT2D eigenvalue weighted by Gasteiger charge is -2.18. The first-order chi connectivity index (χ1) is 13.4. The highest BCUT2D eigenvalue weighted by Gasteiger charge is 2.19. The van der Waals surface area contributed by atoms with E-state index in [1.807, 2.05) is 0 Å². The summed E-state index contributed by atoms with van der Waals surface area (Å²) in [6.45, 7) is 1.15. The van der Waals surface area contributed by atoms with Crippen LogP contribution in [0.3, 0.4) is 0 Å². The van der Waals surface area contributed by atoms with Gasteiger partial charge < -0.3 is 14.8 Å². The molecule has 1 amide bonds. The molecule has 0 aromatic heterocycles. The lowest BCUT2D eigenvalue weighted by Crippen LogP contribution is -2.31. The zero-order valence-electron chi connectivity index (χ0n) is 15.1. The Balaban J connectivity index is 1.43. The van der Waals surface area contributed by atoms with Gasteiger partial charge in [-0.2, -0.15) is 0 Å². The molecule has 7 nitrogen and oxygen atoms in total. The van der Waals surface area contributed by atoms with Crippen LogP contribution in [0.25, 0.3) is 0 Å². The van der Waals surface area contributed by atoms with Gasteiger partial charge in [-0.05, 0) is 36.2 Å². The maximum Gasteiger partial charge on any atom is 0.240 e. The number of benzene rings is 2. The molecule has 0 saturated heterocycles. The Morgan fingerprint density at radius 1 is 1.00 bits per heavy atom. The minimum Gasteiger partial charge on any atom is -0.486 e. The first-order valence-corrected chi connectivity index (χ1v) is 10.3. The molecule has 0 fully saturated rings. The fourth-order valence-electron chi connectivity index (χ4n) is 2.66. The van der Waals surface area contributed by atoms with Crippen LogP contribution in [-0.2, 0) is 21.2 Å². The summed E-state index contributed by atoms with van der Waals surface area (Å²) in [4.78, 5) is 11.9. The number of carbonyl (C=O) groups excluding carboxylic acids is 1. The van der Waals surface area contributed by atoms with Gasteiger partial charge in [0.1, 0.15) is 19.0 Å². The molecule has 1 heterocycles. The molecule has 1 aliphatic rings. The number of sulfonamides is 1. The molecule has 150 valence electrons. The number of rotatable bonds is 8.